The van der Waals surface area contributed by atoms with Crippen molar-refractivity contribution in [1.82, 2.24) is 0 Å². The van der Waals surface area contributed by atoms with Crippen LogP contribution in [0.2, 0.25) is 5.02 Å². The topological polar surface area (TPSA) is 77.4 Å². The summed E-state index contributed by atoms with van der Waals surface area (Å²) >= 11 is 6.01. The van der Waals surface area contributed by atoms with E-state index in [2.05, 4.69) is 5.16 Å². The van der Waals surface area contributed by atoms with E-state index in [1.165, 1.54) is 0 Å². The fraction of sp³-hybridized carbons (Fsp3) is 0.250. The highest BCUT2D eigenvalue weighted by Gasteiger charge is 2.58. The highest BCUT2D eigenvalue weighted by Crippen LogP contribution is 2.40. The van der Waals surface area contributed by atoms with E-state index in [1.54, 1.807) is 30.3 Å². The van der Waals surface area contributed by atoms with Crippen molar-refractivity contribution in [2.24, 2.45) is 5.16 Å². The average molecular weight is 399 g/mol. The van der Waals surface area contributed by atoms with Gasteiger partial charge >= 0.3 is 0 Å². The fourth-order valence-electron chi connectivity index (χ4n) is 3.66. The van der Waals surface area contributed by atoms with E-state index in [1.807, 2.05) is 12.1 Å². The van der Waals surface area contributed by atoms with Gasteiger partial charge < -0.3 is 14.3 Å². The molecule has 3 aliphatic heterocycles. The van der Waals surface area contributed by atoms with Crippen molar-refractivity contribution in [2.75, 3.05) is 18.1 Å². The Morgan fingerprint density at radius 1 is 1.00 bits per heavy atom. The maximum absolute atomic E-state index is 13.1. The van der Waals surface area contributed by atoms with Crippen molar-refractivity contribution >= 4 is 34.8 Å². The lowest BCUT2D eigenvalue weighted by Gasteiger charge is -2.20. The summed E-state index contributed by atoms with van der Waals surface area (Å²) in [5.74, 6) is 0.521. The third kappa shape index (κ3) is 2.62. The quantitative estimate of drug-likeness (QED) is 0.727. The molecule has 3 aliphatic rings. The second-order valence-corrected chi connectivity index (χ2v) is 7.29. The summed E-state index contributed by atoms with van der Waals surface area (Å²) in [6.45, 7) is 0.987. The van der Waals surface area contributed by atoms with Crippen LogP contribution in [-0.2, 0) is 14.4 Å². The Bertz CT molecular complexity index is 1040. The second kappa shape index (κ2) is 6.24. The number of anilines is 1. The molecule has 0 N–H and O–H groups in total. The van der Waals surface area contributed by atoms with Crippen molar-refractivity contribution in [2.45, 2.75) is 18.4 Å². The monoisotopic (exact) mass is 398 g/mol. The molecule has 1 spiro atoms. The molecule has 1 atom stereocenters. The standard InChI is InChI=1S/C20H15ClN2O5/c21-13-2-1-3-14(9-13)23-18(24)11-20(19(23)25)10-15(22-28-20)12-4-5-16-17(8-12)27-7-6-26-16/h1-5,8-9H,6-7,10-11H2/t20-/m1/s1. The first-order valence-corrected chi connectivity index (χ1v) is 9.22. The average Bonchev–Trinajstić information content (AvgIpc) is 3.23. The number of rotatable bonds is 2. The predicted octanol–water partition coefficient (Wildman–Crippen LogP) is 2.94. The lowest BCUT2D eigenvalue weighted by atomic mass is 9.92. The molecule has 0 bridgehead atoms. The van der Waals surface area contributed by atoms with Gasteiger partial charge in [-0.25, -0.2) is 4.90 Å². The molecular formula is C20H15ClN2O5. The fourth-order valence-corrected chi connectivity index (χ4v) is 3.84. The van der Waals surface area contributed by atoms with E-state index in [0.29, 0.717) is 41.1 Å². The van der Waals surface area contributed by atoms with Crippen molar-refractivity contribution in [3.63, 3.8) is 0 Å². The highest BCUT2D eigenvalue weighted by atomic mass is 35.5. The maximum Gasteiger partial charge on any atom is 0.281 e. The second-order valence-electron chi connectivity index (χ2n) is 6.85. The minimum atomic E-state index is -1.32. The Morgan fingerprint density at radius 2 is 1.82 bits per heavy atom. The van der Waals surface area contributed by atoms with Gasteiger partial charge in [0.15, 0.2) is 11.5 Å². The van der Waals surface area contributed by atoms with Crippen LogP contribution in [-0.4, -0.2) is 36.3 Å². The molecule has 142 valence electrons. The van der Waals surface area contributed by atoms with E-state index in [0.717, 1.165) is 10.5 Å². The maximum atomic E-state index is 13.1. The highest BCUT2D eigenvalue weighted by molar-refractivity contribution is 6.31. The molecule has 2 amide bonds. The van der Waals surface area contributed by atoms with Crippen LogP contribution in [0, 0.1) is 0 Å². The van der Waals surface area contributed by atoms with Gasteiger partial charge in [0.2, 0.25) is 11.5 Å². The molecule has 2 aromatic carbocycles. The van der Waals surface area contributed by atoms with Crippen LogP contribution < -0.4 is 14.4 Å². The third-order valence-electron chi connectivity index (χ3n) is 5.00. The SMILES string of the molecule is O=C1C[C@]2(CC(c3ccc4c(c3)OCCO4)=NO2)C(=O)N1c1cccc(Cl)c1. The summed E-state index contributed by atoms with van der Waals surface area (Å²) in [6, 6.07) is 12.1. The molecule has 0 aliphatic carbocycles. The number of carbonyl (C=O) groups is 2. The molecular weight excluding hydrogens is 384 g/mol. The van der Waals surface area contributed by atoms with Crippen LogP contribution in [0.4, 0.5) is 5.69 Å². The zero-order valence-corrected chi connectivity index (χ0v) is 15.4. The Labute approximate surface area is 165 Å². The van der Waals surface area contributed by atoms with E-state index in [4.69, 9.17) is 25.9 Å². The Balaban J connectivity index is 1.41. The zero-order chi connectivity index (χ0) is 19.3. The van der Waals surface area contributed by atoms with Crippen LogP contribution in [0.25, 0.3) is 0 Å². The van der Waals surface area contributed by atoms with E-state index in [9.17, 15) is 9.59 Å². The van der Waals surface area contributed by atoms with Gasteiger partial charge in [-0.05, 0) is 36.4 Å². The number of nitrogens with zero attached hydrogens (tertiary/aromatic N) is 2. The molecule has 28 heavy (non-hydrogen) atoms. The lowest BCUT2D eigenvalue weighted by Crippen LogP contribution is -2.40. The van der Waals surface area contributed by atoms with Gasteiger partial charge in [-0.2, -0.15) is 0 Å². The van der Waals surface area contributed by atoms with Crippen LogP contribution in [0.3, 0.4) is 0 Å². The summed E-state index contributed by atoms with van der Waals surface area (Å²) in [5.41, 5.74) is 0.464. The summed E-state index contributed by atoms with van der Waals surface area (Å²) in [7, 11) is 0. The first kappa shape index (κ1) is 17.1. The van der Waals surface area contributed by atoms with Gasteiger partial charge in [-0.15, -0.1) is 0 Å². The Hall–Kier alpha value is -3.06. The Morgan fingerprint density at radius 3 is 2.64 bits per heavy atom. The molecule has 1 saturated heterocycles. The van der Waals surface area contributed by atoms with Gasteiger partial charge in [0.05, 0.1) is 17.8 Å². The number of fused-ring (bicyclic) bond motifs is 1. The molecule has 3 heterocycles. The molecule has 7 nitrogen and oxygen atoms in total. The lowest BCUT2D eigenvalue weighted by molar-refractivity contribution is -0.136. The zero-order valence-electron chi connectivity index (χ0n) is 14.7. The normalized spacial score (nSPS) is 23.2. The molecule has 2 aromatic rings. The molecule has 0 unspecified atom stereocenters. The summed E-state index contributed by atoms with van der Waals surface area (Å²) < 4.78 is 11.1. The van der Waals surface area contributed by atoms with Crippen molar-refractivity contribution < 1.29 is 23.9 Å². The number of carbonyl (C=O) groups excluding carboxylic acids is 2. The van der Waals surface area contributed by atoms with Gasteiger partial charge in [0.1, 0.15) is 13.2 Å². The van der Waals surface area contributed by atoms with Crippen LogP contribution in [0.15, 0.2) is 47.6 Å². The molecule has 0 radical (unpaired) electrons. The van der Waals surface area contributed by atoms with E-state index < -0.39 is 11.5 Å². The molecule has 0 aromatic heterocycles. The Kier molecular flexibility index (Phi) is 3.80. The number of benzene rings is 2. The summed E-state index contributed by atoms with van der Waals surface area (Å²) in [4.78, 5) is 32.3. The largest absolute Gasteiger partial charge is 0.486 e. The smallest absolute Gasteiger partial charge is 0.281 e. The van der Waals surface area contributed by atoms with Crippen molar-refractivity contribution in [3.8, 4) is 11.5 Å². The number of hydrogen-bond acceptors (Lipinski definition) is 6. The molecule has 0 saturated carbocycles. The molecule has 5 rings (SSSR count). The summed E-state index contributed by atoms with van der Waals surface area (Å²) in [5, 5.41) is 4.56. The van der Waals surface area contributed by atoms with Gasteiger partial charge in [0, 0.05) is 17.0 Å². The first-order chi connectivity index (χ1) is 13.6. The van der Waals surface area contributed by atoms with E-state index >= 15 is 0 Å². The first-order valence-electron chi connectivity index (χ1n) is 8.84. The van der Waals surface area contributed by atoms with Gasteiger partial charge in [-0.1, -0.05) is 22.8 Å². The minimum absolute atomic E-state index is 0.0735. The number of imide groups is 1. The summed E-state index contributed by atoms with van der Waals surface area (Å²) in [6.07, 6.45) is 0.129. The minimum Gasteiger partial charge on any atom is -0.486 e. The van der Waals surface area contributed by atoms with Crippen molar-refractivity contribution in [1.29, 1.82) is 0 Å². The van der Waals surface area contributed by atoms with Crippen LogP contribution in [0.1, 0.15) is 18.4 Å². The number of amides is 2. The van der Waals surface area contributed by atoms with Gasteiger partial charge in [0.25, 0.3) is 5.91 Å². The number of halogens is 1. The van der Waals surface area contributed by atoms with Gasteiger partial charge in [-0.3, -0.25) is 9.59 Å². The van der Waals surface area contributed by atoms with Crippen LogP contribution in [0.5, 0.6) is 11.5 Å². The number of hydrogen-bond donors (Lipinski definition) is 0. The number of ether oxygens (including phenoxy) is 2. The van der Waals surface area contributed by atoms with Crippen molar-refractivity contribution in [3.05, 3.63) is 53.1 Å². The number of oxime groups is 1. The molecule has 1 fully saturated rings. The third-order valence-corrected chi connectivity index (χ3v) is 5.24. The molecule has 8 heteroatoms. The van der Waals surface area contributed by atoms with E-state index in [-0.39, 0.29) is 18.7 Å². The van der Waals surface area contributed by atoms with Crippen LogP contribution >= 0.6 is 11.6 Å². The predicted molar refractivity (Wildman–Crippen MR) is 101 cm³/mol.